The fourth-order valence-electron chi connectivity index (χ4n) is 2.62. The molecule has 0 aliphatic heterocycles. The number of pyridine rings is 1. The minimum atomic E-state index is -4.53. The second kappa shape index (κ2) is 8.72. The zero-order valence-electron chi connectivity index (χ0n) is 15.7. The molecular weight excluding hydrogens is 438 g/mol. The molecule has 2 aromatic carbocycles. The van der Waals surface area contributed by atoms with Crippen LogP contribution < -0.4 is 9.62 Å². The molecule has 0 spiro atoms. The molecule has 1 aromatic heterocycles. The molecule has 0 fully saturated rings. The lowest BCUT2D eigenvalue weighted by Crippen LogP contribution is -2.38. The number of anilines is 2. The molecule has 0 atom stereocenters. The van der Waals surface area contributed by atoms with Crippen molar-refractivity contribution in [1.29, 1.82) is 0 Å². The summed E-state index contributed by atoms with van der Waals surface area (Å²) in [6, 6.07) is 10.8. The third-order valence-corrected chi connectivity index (χ3v) is 5.88. The third-order valence-electron chi connectivity index (χ3n) is 4.12. The molecule has 3 aromatic rings. The Hall–Kier alpha value is -3.47. The van der Waals surface area contributed by atoms with Crippen molar-refractivity contribution >= 4 is 27.3 Å². The first-order valence-electron chi connectivity index (χ1n) is 8.73. The summed E-state index contributed by atoms with van der Waals surface area (Å²) < 4.78 is 78.2. The van der Waals surface area contributed by atoms with Gasteiger partial charge in [-0.3, -0.25) is 14.1 Å². The molecule has 0 saturated carbocycles. The minimum Gasteiger partial charge on any atom is -0.325 e. The second-order valence-electron chi connectivity index (χ2n) is 6.30. The van der Waals surface area contributed by atoms with E-state index < -0.39 is 40.0 Å². The average molecular weight is 453 g/mol. The summed E-state index contributed by atoms with van der Waals surface area (Å²) in [6.07, 6.45) is -2.06. The van der Waals surface area contributed by atoms with Gasteiger partial charge in [0.25, 0.3) is 10.0 Å². The van der Waals surface area contributed by atoms with Crippen LogP contribution >= 0.6 is 0 Å². The molecule has 1 amide bonds. The zero-order valence-corrected chi connectivity index (χ0v) is 16.5. The molecule has 0 bridgehead atoms. The van der Waals surface area contributed by atoms with E-state index in [9.17, 15) is 30.8 Å². The second-order valence-corrected chi connectivity index (χ2v) is 8.16. The van der Waals surface area contributed by atoms with Gasteiger partial charge in [0.1, 0.15) is 17.3 Å². The van der Waals surface area contributed by atoms with Gasteiger partial charge >= 0.3 is 6.18 Å². The van der Waals surface area contributed by atoms with Crippen molar-refractivity contribution in [2.45, 2.75) is 11.1 Å². The van der Waals surface area contributed by atoms with E-state index in [0.717, 1.165) is 46.9 Å². The highest BCUT2D eigenvalue weighted by Crippen LogP contribution is 2.30. The molecule has 0 aliphatic carbocycles. The molecule has 3 rings (SSSR count). The van der Waals surface area contributed by atoms with E-state index >= 15 is 0 Å². The van der Waals surface area contributed by atoms with Gasteiger partial charge in [-0.15, -0.1) is 0 Å². The number of aromatic nitrogens is 1. The first-order chi connectivity index (χ1) is 14.6. The van der Waals surface area contributed by atoms with Crippen LogP contribution in [0.5, 0.6) is 0 Å². The first-order valence-corrected chi connectivity index (χ1v) is 10.2. The lowest BCUT2D eigenvalue weighted by molar-refractivity contribution is -0.137. The summed E-state index contributed by atoms with van der Waals surface area (Å²) in [5.74, 6) is -1.41. The van der Waals surface area contributed by atoms with Crippen molar-refractivity contribution in [3.05, 3.63) is 84.4 Å². The fraction of sp³-hybridized carbons (Fsp3) is 0.100. The Morgan fingerprint density at radius 2 is 1.65 bits per heavy atom. The van der Waals surface area contributed by atoms with Crippen molar-refractivity contribution in [3.63, 3.8) is 0 Å². The predicted octanol–water partition coefficient (Wildman–Crippen LogP) is 4.07. The standard InChI is InChI=1S/C20H15F4N3O3S/c21-15-5-9-17(10-6-15)27(31(29,30)18-2-1-11-25-12-18)13-19(28)26-16-7-3-14(4-8-16)20(22,23)24/h1-12H,13H2,(H,26,28). The molecular formula is C20H15F4N3O3S. The smallest absolute Gasteiger partial charge is 0.325 e. The van der Waals surface area contributed by atoms with Gasteiger partial charge in [-0.05, 0) is 60.7 Å². The fourth-order valence-corrected chi connectivity index (χ4v) is 4.01. The number of alkyl halides is 3. The molecule has 1 heterocycles. The molecule has 162 valence electrons. The van der Waals surface area contributed by atoms with E-state index in [1.807, 2.05) is 0 Å². The van der Waals surface area contributed by atoms with E-state index in [1.165, 1.54) is 30.5 Å². The van der Waals surface area contributed by atoms with Crippen molar-refractivity contribution in [3.8, 4) is 0 Å². The van der Waals surface area contributed by atoms with Crippen molar-refractivity contribution < 1.29 is 30.8 Å². The van der Waals surface area contributed by atoms with Crippen LogP contribution in [-0.4, -0.2) is 25.9 Å². The number of carbonyl (C=O) groups is 1. The Balaban J connectivity index is 1.86. The van der Waals surface area contributed by atoms with E-state index in [4.69, 9.17) is 0 Å². The van der Waals surface area contributed by atoms with E-state index in [0.29, 0.717) is 0 Å². The van der Waals surface area contributed by atoms with Gasteiger partial charge in [-0.2, -0.15) is 13.2 Å². The lowest BCUT2D eigenvalue weighted by Gasteiger charge is -2.24. The Labute approximate surface area is 175 Å². The maximum Gasteiger partial charge on any atom is 0.416 e. The minimum absolute atomic E-state index is 0.0211. The SMILES string of the molecule is O=C(CN(c1ccc(F)cc1)S(=O)(=O)c1cccnc1)Nc1ccc(C(F)(F)F)cc1. The zero-order chi connectivity index (χ0) is 22.6. The van der Waals surface area contributed by atoms with Gasteiger partial charge in [0.05, 0.1) is 11.3 Å². The number of nitrogens with zero attached hydrogens (tertiary/aromatic N) is 2. The molecule has 6 nitrogen and oxygen atoms in total. The molecule has 1 N–H and O–H groups in total. The van der Waals surface area contributed by atoms with Gasteiger partial charge in [-0.1, -0.05) is 0 Å². The predicted molar refractivity (Wildman–Crippen MR) is 105 cm³/mol. The molecule has 0 saturated heterocycles. The van der Waals surface area contributed by atoms with Crippen molar-refractivity contribution in [2.75, 3.05) is 16.2 Å². The molecule has 11 heteroatoms. The molecule has 0 radical (unpaired) electrons. The average Bonchev–Trinajstić information content (AvgIpc) is 2.73. The van der Waals surface area contributed by atoms with Crippen LogP contribution in [0.4, 0.5) is 28.9 Å². The van der Waals surface area contributed by atoms with Crippen LogP contribution in [0, 0.1) is 5.82 Å². The van der Waals surface area contributed by atoms with E-state index in [-0.39, 0.29) is 16.3 Å². The van der Waals surface area contributed by atoms with Gasteiger partial charge in [-0.25, -0.2) is 12.8 Å². The highest BCUT2D eigenvalue weighted by atomic mass is 32.2. The number of halogens is 4. The molecule has 0 unspecified atom stereocenters. The number of rotatable bonds is 6. The number of amides is 1. The summed E-state index contributed by atoms with van der Waals surface area (Å²) >= 11 is 0. The summed E-state index contributed by atoms with van der Waals surface area (Å²) in [5, 5.41) is 2.35. The Morgan fingerprint density at radius 1 is 1.00 bits per heavy atom. The number of hydrogen-bond donors (Lipinski definition) is 1. The van der Waals surface area contributed by atoms with Crippen LogP contribution in [0.15, 0.2) is 78.0 Å². The summed E-state index contributed by atoms with van der Waals surface area (Å²) in [4.78, 5) is 16.1. The number of hydrogen-bond acceptors (Lipinski definition) is 4. The maximum atomic E-state index is 13.3. The summed E-state index contributed by atoms with van der Waals surface area (Å²) in [6.45, 7) is -0.704. The Morgan fingerprint density at radius 3 is 2.19 bits per heavy atom. The normalized spacial score (nSPS) is 11.7. The monoisotopic (exact) mass is 453 g/mol. The van der Waals surface area contributed by atoms with Gasteiger partial charge in [0, 0.05) is 18.1 Å². The largest absolute Gasteiger partial charge is 0.416 e. The molecule has 31 heavy (non-hydrogen) atoms. The van der Waals surface area contributed by atoms with E-state index in [1.54, 1.807) is 0 Å². The lowest BCUT2D eigenvalue weighted by atomic mass is 10.2. The first kappa shape index (κ1) is 22.2. The van der Waals surface area contributed by atoms with Gasteiger partial charge in [0.2, 0.25) is 5.91 Å². The highest BCUT2D eigenvalue weighted by molar-refractivity contribution is 7.92. The molecule has 0 aliphatic rings. The highest BCUT2D eigenvalue weighted by Gasteiger charge is 2.30. The maximum absolute atomic E-state index is 13.3. The van der Waals surface area contributed by atoms with Gasteiger partial charge < -0.3 is 5.32 Å². The van der Waals surface area contributed by atoms with Crippen LogP contribution in [0.25, 0.3) is 0 Å². The van der Waals surface area contributed by atoms with E-state index in [2.05, 4.69) is 10.3 Å². The van der Waals surface area contributed by atoms with Crippen LogP contribution in [0.2, 0.25) is 0 Å². The quantitative estimate of drug-likeness (QED) is 0.571. The van der Waals surface area contributed by atoms with Crippen LogP contribution in [-0.2, 0) is 21.0 Å². The number of carbonyl (C=O) groups excluding carboxylic acids is 1. The topological polar surface area (TPSA) is 79.4 Å². The van der Waals surface area contributed by atoms with Crippen LogP contribution in [0.1, 0.15) is 5.56 Å². The van der Waals surface area contributed by atoms with Crippen molar-refractivity contribution in [2.24, 2.45) is 0 Å². The number of sulfonamides is 1. The van der Waals surface area contributed by atoms with Crippen LogP contribution in [0.3, 0.4) is 0 Å². The number of benzene rings is 2. The van der Waals surface area contributed by atoms with Crippen molar-refractivity contribution in [1.82, 2.24) is 4.98 Å². The Kier molecular flexibility index (Phi) is 6.25. The number of nitrogens with one attached hydrogen (secondary N) is 1. The summed E-state index contributed by atoms with van der Waals surface area (Å²) in [5.41, 5.74) is -0.818. The Bertz CT molecular complexity index is 1150. The van der Waals surface area contributed by atoms with Gasteiger partial charge in [0.15, 0.2) is 0 Å². The third kappa shape index (κ3) is 5.37. The summed E-state index contributed by atoms with van der Waals surface area (Å²) in [7, 11) is -4.24.